The van der Waals surface area contributed by atoms with Crippen molar-refractivity contribution in [1.82, 2.24) is 5.32 Å². The SMILES string of the molecule is O=C(O)CC(NC(=O)Cc1cccs1)C1CC1. The van der Waals surface area contributed by atoms with Crippen LogP contribution < -0.4 is 5.32 Å². The highest BCUT2D eigenvalue weighted by Crippen LogP contribution is 2.34. The predicted molar refractivity (Wildman–Crippen MR) is 64.9 cm³/mol. The number of nitrogens with one attached hydrogen (secondary N) is 1. The van der Waals surface area contributed by atoms with E-state index in [9.17, 15) is 9.59 Å². The van der Waals surface area contributed by atoms with Gasteiger partial charge in [-0.15, -0.1) is 11.3 Å². The summed E-state index contributed by atoms with van der Waals surface area (Å²) in [5.41, 5.74) is 0. The van der Waals surface area contributed by atoms with Crippen LogP contribution in [-0.2, 0) is 16.0 Å². The Morgan fingerprint density at radius 3 is 2.82 bits per heavy atom. The van der Waals surface area contributed by atoms with E-state index < -0.39 is 5.97 Å². The van der Waals surface area contributed by atoms with E-state index in [2.05, 4.69) is 5.32 Å². The average Bonchev–Trinajstić information content (AvgIpc) is 2.97. The molecule has 4 nitrogen and oxygen atoms in total. The van der Waals surface area contributed by atoms with E-state index in [1.807, 2.05) is 17.5 Å². The lowest BCUT2D eigenvalue weighted by molar-refractivity contribution is -0.137. The molecule has 92 valence electrons. The lowest BCUT2D eigenvalue weighted by Gasteiger charge is -2.15. The molecule has 0 aliphatic heterocycles. The normalized spacial score (nSPS) is 16.5. The highest BCUT2D eigenvalue weighted by molar-refractivity contribution is 7.10. The van der Waals surface area contributed by atoms with Crippen LogP contribution >= 0.6 is 11.3 Å². The van der Waals surface area contributed by atoms with Crippen LogP contribution in [0.25, 0.3) is 0 Å². The number of carboxylic acids is 1. The summed E-state index contributed by atoms with van der Waals surface area (Å²) in [7, 11) is 0. The zero-order valence-corrected chi connectivity index (χ0v) is 10.2. The number of carbonyl (C=O) groups is 2. The van der Waals surface area contributed by atoms with Gasteiger partial charge >= 0.3 is 5.97 Å². The van der Waals surface area contributed by atoms with Crippen LogP contribution in [0.2, 0.25) is 0 Å². The summed E-state index contributed by atoms with van der Waals surface area (Å²) in [4.78, 5) is 23.4. The minimum Gasteiger partial charge on any atom is -0.481 e. The van der Waals surface area contributed by atoms with Crippen LogP contribution in [0.5, 0.6) is 0 Å². The molecule has 1 unspecified atom stereocenters. The van der Waals surface area contributed by atoms with Crippen molar-refractivity contribution in [2.45, 2.75) is 31.7 Å². The molecule has 0 saturated heterocycles. The van der Waals surface area contributed by atoms with Gasteiger partial charge in [0.2, 0.25) is 5.91 Å². The van der Waals surface area contributed by atoms with Gasteiger partial charge in [0.15, 0.2) is 0 Å². The lowest BCUT2D eigenvalue weighted by Crippen LogP contribution is -2.38. The molecule has 5 heteroatoms. The third-order valence-corrected chi connectivity index (χ3v) is 3.72. The third-order valence-electron chi connectivity index (χ3n) is 2.85. The average molecular weight is 253 g/mol. The van der Waals surface area contributed by atoms with E-state index in [4.69, 9.17) is 5.11 Å². The maximum Gasteiger partial charge on any atom is 0.305 e. The molecule has 1 saturated carbocycles. The zero-order valence-electron chi connectivity index (χ0n) is 9.39. The number of hydrogen-bond donors (Lipinski definition) is 2. The molecular formula is C12H15NO3S. The Labute approximate surface area is 104 Å². The molecule has 0 spiro atoms. The van der Waals surface area contributed by atoms with Crippen LogP contribution in [0, 0.1) is 5.92 Å². The van der Waals surface area contributed by atoms with Crippen molar-refractivity contribution in [3.8, 4) is 0 Å². The number of rotatable bonds is 6. The Morgan fingerprint density at radius 1 is 1.53 bits per heavy atom. The molecule has 0 radical (unpaired) electrons. The second-order valence-electron chi connectivity index (χ2n) is 4.37. The topological polar surface area (TPSA) is 66.4 Å². The minimum absolute atomic E-state index is 0.0286. The number of aliphatic carboxylic acids is 1. The van der Waals surface area contributed by atoms with Crippen LogP contribution in [0.15, 0.2) is 17.5 Å². The van der Waals surface area contributed by atoms with Crippen LogP contribution in [0.4, 0.5) is 0 Å². The first-order chi connectivity index (χ1) is 8.15. The number of amides is 1. The van der Waals surface area contributed by atoms with Gasteiger partial charge in [-0.2, -0.15) is 0 Å². The Kier molecular flexibility index (Phi) is 3.78. The molecule has 1 aliphatic rings. The Balaban J connectivity index is 1.84. The number of thiophene rings is 1. The standard InChI is InChI=1S/C12H15NO3S/c14-11(6-9-2-1-5-17-9)13-10(7-12(15)16)8-3-4-8/h1-2,5,8,10H,3-4,6-7H2,(H,13,14)(H,15,16). The maximum atomic E-state index is 11.7. The minimum atomic E-state index is -0.849. The van der Waals surface area contributed by atoms with E-state index in [1.165, 1.54) is 11.3 Å². The fourth-order valence-corrected chi connectivity index (χ4v) is 2.55. The monoisotopic (exact) mass is 253 g/mol. The van der Waals surface area contributed by atoms with Crippen LogP contribution in [-0.4, -0.2) is 23.0 Å². The van der Waals surface area contributed by atoms with Gasteiger partial charge in [0.1, 0.15) is 0 Å². The summed E-state index contributed by atoms with van der Waals surface area (Å²) in [6, 6.07) is 3.62. The molecule has 0 aromatic carbocycles. The van der Waals surface area contributed by atoms with Gasteiger partial charge in [-0.05, 0) is 30.2 Å². The molecule has 1 aliphatic carbocycles. The number of carboxylic acid groups (broad SMARTS) is 1. The summed E-state index contributed by atoms with van der Waals surface area (Å²) in [5.74, 6) is -0.567. The second-order valence-corrected chi connectivity index (χ2v) is 5.40. The summed E-state index contributed by atoms with van der Waals surface area (Å²) in [5, 5.41) is 13.5. The van der Waals surface area contributed by atoms with E-state index in [0.29, 0.717) is 12.3 Å². The Hall–Kier alpha value is -1.36. The van der Waals surface area contributed by atoms with Gasteiger partial charge in [0.25, 0.3) is 0 Å². The fourth-order valence-electron chi connectivity index (χ4n) is 1.85. The van der Waals surface area contributed by atoms with Crippen molar-refractivity contribution < 1.29 is 14.7 Å². The molecule has 1 amide bonds. The van der Waals surface area contributed by atoms with E-state index in [1.54, 1.807) is 0 Å². The van der Waals surface area contributed by atoms with Gasteiger partial charge in [0.05, 0.1) is 12.8 Å². The smallest absolute Gasteiger partial charge is 0.305 e. The lowest BCUT2D eigenvalue weighted by atomic mass is 10.1. The van der Waals surface area contributed by atoms with Crippen LogP contribution in [0.3, 0.4) is 0 Å². The quantitative estimate of drug-likeness (QED) is 0.810. The highest BCUT2D eigenvalue weighted by Gasteiger charge is 2.33. The summed E-state index contributed by atoms with van der Waals surface area (Å²) in [6.45, 7) is 0. The van der Waals surface area contributed by atoms with E-state index >= 15 is 0 Å². The predicted octanol–water partition coefficient (Wildman–Crippen LogP) is 1.66. The third kappa shape index (κ3) is 3.85. The molecule has 2 N–H and O–H groups in total. The van der Waals surface area contributed by atoms with Crippen molar-refractivity contribution in [3.63, 3.8) is 0 Å². The van der Waals surface area contributed by atoms with Gasteiger partial charge in [0, 0.05) is 10.9 Å². The molecule has 17 heavy (non-hydrogen) atoms. The molecule has 2 rings (SSSR count). The van der Waals surface area contributed by atoms with Crippen molar-refractivity contribution in [2.75, 3.05) is 0 Å². The first kappa shape index (κ1) is 12.1. The van der Waals surface area contributed by atoms with Crippen molar-refractivity contribution in [1.29, 1.82) is 0 Å². The summed E-state index contributed by atoms with van der Waals surface area (Å²) in [6.07, 6.45) is 2.43. The largest absolute Gasteiger partial charge is 0.481 e. The second kappa shape index (κ2) is 5.31. The molecule has 1 fully saturated rings. The first-order valence-electron chi connectivity index (χ1n) is 5.68. The molecule has 1 aromatic heterocycles. The highest BCUT2D eigenvalue weighted by atomic mass is 32.1. The molecule has 1 atom stereocenters. The van der Waals surface area contributed by atoms with Gasteiger partial charge in [-0.3, -0.25) is 9.59 Å². The maximum absolute atomic E-state index is 11.7. The van der Waals surface area contributed by atoms with Crippen molar-refractivity contribution in [3.05, 3.63) is 22.4 Å². The van der Waals surface area contributed by atoms with Crippen molar-refractivity contribution in [2.24, 2.45) is 5.92 Å². The first-order valence-corrected chi connectivity index (χ1v) is 6.56. The molecule has 1 heterocycles. The molecular weight excluding hydrogens is 238 g/mol. The van der Waals surface area contributed by atoms with E-state index in [-0.39, 0.29) is 18.4 Å². The number of carbonyl (C=O) groups excluding carboxylic acids is 1. The summed E-state index contributed by atoms with van der Waals surface area (Å²) < 4.78 is 0. The molecule has 0 bridgehead atoms. The van der Waals surface area contributed by atoms with E-state index in [0.717, 1.165) is 17.7 Å². The van der Waals surface area contributed by atoms with Gasteiger partial charge < -0.3 is 10.4 Å². The van der Waals surface area contributed by atoms with Gasteiger partial charge in [-0.25, -0.2) is 0 Å². The fraction of sp³-hybridized carbons (Fsp3) is 0.500. The molecule has 1 aromatic rings. The summed E-state index contributed by atoms with van der Waals surface area (Å²) >= 11 is 1.54. The van der Waals surface area contributed by atoms with Gasteiger partial charge in [-0.1, -0.05) is 6.07 Å². The number of hydrogen-bond acceptors (Lipinski definition) is 3. The zero-order chi connectivity index (χ0) is 12.3. The Morgan fingerprint density at radius 2 is 2.29 bits per heavy atom. The van der Waals surface area contributed by atoms with Crippen molar-refractivity contribution >= 4 is 23.2 Å². The Bertz CT molecular complexity index is 398. The van der Waals surface area contributed by atoms with Crippen LogP contribution in [0.1, 0.15) is 24.1 Å².